The summed E-state index contributed by atoms with van der Waals surface area (Å²) >= 11 is 0. The molecule has 2 rings (SSSR count). The lowest BCUT2D eigenvalue weighted by Crippen LogP contribution is -2.08. The van der Waals surface area contributed by atoms with Gasteiger partial charge in [-0.15, -0.1) is 0 Å². The number of oxazole rings is 1. The summed E-state index contributed by atoms with van der Waals surface area (Å²) in [5.41, 5.74) is 7.53. The van der Waals surface area contributed by atoms with Crippen molar-refractivity contribution in [3.8, 4) is 11.3 Å². The summed E-state index contributed by atoms with van der Waals surface area (Å²) in [5.74, 6) is 0.780. The number of aromatic nitrogens is 1. The van der Waals surface area contributed by atoms with Crippen molar-refractivity contribution in [1.29, 1.82) is 0 Å². The Morgan fingerprint density at radius 3 is 3.06 bits per heavy atom. The molecule has 0 saturated heterocycles. The molecule has 2 aromatic rings. The van der Waals surface area contributed by atoms with Crippen LogP contribution >= 0.6 is 0 Å². The van der Waals surface area contributed by atoms with Crippen molar-refractivity contribution in [2.45, 2.75) is 6.42 Å². The number of anilines is 1. The van der Waals surface area contributed by atoms with Crippen LogP contribution in [0.2, 0.25) is 0 Å². The SMILES string of the molecule is NCCCNc1cccc(-c2cnco2)c1. The van der Waals surface area contributed by atoms with Gasteiger partial charge >= 0.3 is 0 Å². The third-order valence-electron chi connectivity index (χ3n) is 2.29. The third kappa shape index (κ3) is 2.61. The Labute approximate surface area is 94.5 Å². The molecule has 0 fully saturated rings. The second-order valence-corrected chi connectivity index (χ2v) is 3.52. The van der Waals surface area contributed by atoms with Gasteiger partial charge in [-0.3, -0.25) is 0 Å². The molecule has 0 amide bonds. The average molecular weight is 217 g/mol. The van der Waals surface area contributed by atoms with E-state index >= 15 is 0 Å². The van der Waals surface area contributed by atoms with Crippen LogP contribution in [0.25, 0.3) is 11.3 Å². The molecule has 1 aromatic carbocycles. The molecule has 0 radical (unpaired) electrons. The van der Waals surface area contributed by atoms with E-state index in [1.54, 1.807) is 6.20 Å². The standard InChI is InChI=1S/C12H15N3O/c13-5-2-6-15-11-4-1-3-10(7-11)12-8-14-9-16-12/h1,3-4,7-9,15H,2,5-6,13H2. The van der Waals surface area contributed by atoms with Crippen LogP contribution in [0.1, 0.15) is 6.42 Å². The number of nitrogens with zero attached hydrogens (tertiary/aromatic N) is 1. The predicted molar refractivity (Wildman–Crippen MR) is 64.1 cm³/mol. The highest BCUT2D eigenvalue weighted by Gasteiger charge is 2.01. The van der Waals surface area contributed by atoms with Gasteiger partial charge in [-0.1, -0.05) is 12.1 Å². The largest absolute Gasteiger partial charge is 0.444 e. The average Bonchev–Trinajstić information content (AvgIpc) is 2.83. The quantitative estimate of drug-likeness (QED) is 0.753. The monoisotopic (exact) mass is 217 g/mol. The molecular formula is C12H15N3O. The molecule has 0 bridgehead atoms. The lowest BCUT2D eigenvalue weighted by Gasteiger charge is -2.06. The van der Waals surface area contributed by atoms with Gasteiger partial charge in [0.05, 0.1) is 6.20 Å². The minimum atomic E-state index is 0.703. The number of rotatable bonds is 5. The Morgan fingerprint density at radius 1 is 1.38 bits per heavy atom. The summed E-state index contributed by atoms with van der Waals surface area (Å²) < 4.78 is 5.24. The van der Waals surface area contributed by atoms with Crippen LogP contribution in [0, 0.1) is 0 Å². The second-order valence-electron chi connectivity index (χ2n) is 3.52. The normalized spacial score (nSPS) is 10.3. The Hall–Kier alpha value is -1.81. The zero-order chi connectivity index (χ0) is 11.2. The van der Waals surface area contributed by atoms with Crippen LogP contribution in [0.3, 0.4) is 0 Å². The highest BCUT2D eigenvalue weighted by Crippen LogP contribution is 2.21. The van der Waals surface area contributed by atoms with Gasteiger partial charge in [0.1, 0.15) is 0 Å². The van der Waals surface area contributed by atoms with Gasteiger partial charge in [-0.25, -0.2) is 4.98 Å². The molecule has 0 saturated carbocycles. The van der Waals surface area contributed by atoms with Gasteiger partial charge in [-0.2, -0.15) is 0 Å². The van der Waals surface area contributed by atoms with Crippen molar-refractivity contribution in [3.05, 3.63) is 36.9 Å². The summed E-state index contributed by atoms with van der Waals surface area (Å²) in [7, 11) is 0. The molecule has 84 valence electrons. The fourth-order valence-electron chi connectivity index (χ4n) is 1.48. The zero-order valence-electron chi connectivity index (χ0n) is 9.02. The first kappa shape index (κ1) is 10.7. The topological polar surface area (TPSA) is 64.1 Å². The minimum absolute atomic E-state index is 0.703. The van der Waals surface area contributed by atoms with Crippen molar-refractivity contribution in [2.75, 3.05) is 18.4 Å². The molecule has 0 aliphatic heterocycles. The lowest BCUT2D eigenvalue weighted by atomic mass is 10.1. The van der Waals surface area contributed by atoms with Crippen LogP contribution in [0.5, 0.6) is 0 Å². The Kier molecular flexibility index (Phi) is 3.56. The van der Waals surface area contributed by atoms with E-state index in [-0.39, 0.29) is 0 Å². The van der Waals surface area contributed by atoms with Crippen LogP contribution in [0.15, 0.2) is 41.3 Å². The maximum absolute atomic E-state index is 5.44. The van der Waals surface area contributed by atoms with E-state index in [4.69, 9.17) is 10.2 Å². The zero-order valence-corrected chi connectivity index (χ0v) is 9.02. The van der Waals surface area contributed by atoms with E-state index in [0.717, 1.165) is 30.0 Å². The molecule has 0 atom stereocenters. The van der Waals surface area contributed by atoms with Crippen molar-refractivity contribution in [2.24, 2.45) is 5.73 Å². The van der Waals surface area contributed by atoms with E-state index in [2.05, 4.69) is 10.3 Å². The van der Waals surface area contributed by atoms with E-state index in [1.807, 2.05) is 24.3 Å². The van der Waals surface area contributed by atoms with Gasteiger partial charge in [-0.05, 0) is 25.1 Å². The first-order valence-corrected chi connectivity index (χ1v) is 5.33. The smallest absolute Gasteiger partial charge is 0.181 e. The summed E-state index contributed by atoms with van der Waals surface area (Å²) in [6, 6.07) is 8.05. The highest BCUT2D eigenvalue weighted by atomic mass is 16.3. The van der Waals surface area contributed by atoms with Crippen molar-refractivity contribution < 1.29 is 4.42 Å². The van der Waals surface area contributed by atoms with Crippen LogP contribution in [0.4, 0.5) is 5.69 Å². The molecule has 3 N–H and O–H groups in total. The fraction of sp³-hybridized carbons (Fsp3) is 0.250. The van der Waals surface area contributed by atoms with E-state index in [0.29, 0.717) is 6.54 Å². The van der Waals surface area contributed by atoms with Gasteiger partial charge in [0.2, 0.25) is 0 Å². The van der Waals surface area contributed by atoms with Crippen molar-refractivity contribution >= 4 is 5.69 Å². The Balaban J connectivity index is 2.08. The fourth-order valence-corrected chi connectivity index (χ4v) is 1.48. The molecule has 4 heteroatoms. The number of nitrogens with two attached hydrogens (primary N) is 1. The summed E-state index contributed by atoms with van der Waals surface area (Å²) in [6.45, 7) is 1.59. The van der Waals surface area contributed by atoms with Gasteiger partial charge < -0.3 is 15.5 Å². The van der Waals surface area contributed by atoms with E-state index < -0.39 is 0 Å². The molecule has 16 heavy (non-hydrogen) atoms. The number of hydrogen-bond donors (Lipinski definition) is 2. The maximum Gasteiger partial charge on any atom is 0.181 e. The van der Waals surface area contributed by atoms with Crippen molar-refractivity contribution in [1.82, 2.24) is 4.98 Å². The summed E-state index contributed by atoms with van der Waals surface area (Å²) in [6.07, 6.45) is 4.11. The van der Waals surface area contributed by atoms with Gasteiger partial charge in [0.25, 0.3) is 0 Å². The van der Waals surface area contributed by atoms with Gasteiger partial charge in [0, 0.05) is 17.8 Å². The first-order valence-electron chi connectivity index (χ1n) is 5.33. The minimum Gasteiger partial charge on any atom is -0.444 e. The second kappa shape index (κ2) is 5.32. The lowest BCUT2D eigenvalue weighted by molar-refractivity contribution is 0.572. The summed E-state index contributed by atoms with van der Waals surface area (Å²) in [5, 5.41) is 3.31. The van der Waals surface area contributed by atoms with Gasteiger partial charge in [0.15, 0.2) is 12.2 Å². The van der Waals surface area contributed by atoms with Crippen molar-refractivity contribution in [3.63, 3.8) is 0 Å². The first-order chi connectivity index (χ1) is 7.90. The Bertz CT molecular complexity index is 426. The molecular weight excluding hydrogens is 202 g/mol. The molecule has 1 heterocycles. The van der Waals surface area contributed by atoms with Crippen LogP contribution in [-0.4, -0.2) is 18.1 Å². The molecule has 1 aromatic heterocycles. The predicted octanol–water partition coefficient (Wildman–Crippen LogP) is 2.10. The highest BCUT2D eigenvalue weighted by molar-refractivity contribution is 5.63. The summed E-state index contributed by atoms with van der Waals surface area (Å²) in [4.78, 5) is 3.90. The van der Waals surface area contributed by atoms with E-state index in [9.17, 15) is 0 Å². The maximum atomic E-state index is 5.44. The van der Waals surface area contributed by atoms with Crippen LogP contribution in [-0.2, 0) is 0 Å². The molecule has 0 spiro atoms. The third-order valence-corrected chi connectivity index (χ3v) is 2.29. The number of benzene rings is 1. The molecule has 4 nitrogen and oxygen atoms in total. The number of hydrogen-bond acceptors (Lipinski definition) is 4. The molecule has 0 aliphatic carbocycles. The molecule has 0 unspecified atom stereocenters. The van der Waals surface area contributed by atoms with Crippen LogP contribution < -0.4 is 11.1 Å². The number of nitrogens with one attached hydrogen (secondary N) is 1. The van der Waals surface area contributed by atoms with E-state index in [1.165, 1.54) is 6.39 Å². The molecule has 0 aliphatic rings. The Morgan fingerprint density at radius 2 is 2.31 bits per heavy atom.